The molecule has 1 fully saturated rings. The van der Waals surface area contributed by atoms with Gasteiger partial charge in [0.1, 0.15) is 12.1 Å². The Labute approximate surface area is 263 Å². The van der Waals surface area contributed by atoms with E-state index < -0.39 is 6.36 Å². The average Bonchev–Trinajstić information content (AvgIpc) is 3.64. The van der Waals surface area contributed by atoms with E-state index in [-0.39, 0.29) is 23.3 Å². The number of halogens is 3. The molecule has 0 N–H and O–H groups in total. The zero-order chi connectivity index (χ0) is 32.0. The number of hydrogen-bond acceptors (Lipinski definition) is 6. The Bertz CT molecular complexity index is 1700. The van der Waals surface area contributed by atoms with Gasteiger partial charge in [-0.1, -0.05) is 55.4 Å². The first-order valence-electron chi connectivity index (χ1n) is 14.6. The lowest BCUT2D eigenvalue weighted by Gasteiger charge is -2.20. The highest BCUT2D eigenvalue weighted by Gasteiger charge is 2.32. The van der Waals surface area contributed by atoms with Crippen LogP contribution in [0.1, 0.15) is 49.3 Å². The molecule has 4 aromatic rings. The highest BCUT2D eigenvalue weighted by molar-refractivity contribution is 8.15. The van der Waals surface area contributed by atoms with Gasteiger partial charge in [0.05, 0.1) is 17.1 Å². The maximum Gasteiger partial charge on any atom is 0.573 e. The van der Waals surface area contributed by atoms with Gasteiger partial charge >= 0.3 is 6.36 Å². The Morgan fingerprint density at radius 1 is 1.04 bits per heavy atom. The summed E-state index contributed by atoms with van der Waals surface area (Å²) >= 11 is 1.30. The van der Waals surface area contributed by atoms with Gasteiger partial charge in [-0.3, -0.25) is 14.5 Å². The number of anilines is 1. The molecule has 1 aliphatic heterocycles. The molecule has 0 atom stereocenters. The van der Waals surface area contributed by atoms with Crippen molar-refractivity contribution in [3.8, 4) is 22.8 Å². The molecule has 12 heteroatoms. The summed E-state index contributed by atoms with van der Waals surface area (Å²) in [5.74, 6) is 0.160. The first-order chi connectivity index (χ1) is 21.6. The van der Waals surface area contributed by atoms with Gasteiger partial charge in [-0.05, 0) is 85.7 Å². The molecule has 2 heterocycles. The van der Waals surface area contributed by atoms with Crippen LogP contribution in [-0.2, 0) is 22.4 Å². The van der Waals surface area contributed by atoms with Crippen LogP contribution in [0.4, 0.5) is 18.9 Å². The zero-order valence-electron chi connectivity index (χ0n) is 24.9. The number of amidine groups is 1. The number of aryl methyl sites for hydroxylation is 3. The quantitative estimate of drug-likeness (QED) is 0.159. The van der Waals surface area contributed by atoms with E-state index in [1.54, 1.807) is 4.90 Å². The normalized spacial score (nSPS) is 14.4. The van der Waals surface area contributed by atoms with E-state index in [0.29, 0.717) is 29.5 Å². The van der Waals surface area contributed by atoms with Gasteiger partial charge in [-0.15, -0.1) is 18.3 Å². The number of aliphatic imine (C=N–C) groups is 1. The number of ether oxygens (including phenoxy) is 1. The molecule has 234 valence electrons. The summed E-state index contributed by atoms with van der Waals surface area (Å²) in [4.78, 5) is 35.6. The number of alkyl halides is 3. The van der Waals surface area contributed by atoms with Crippen molar-refractivity contribution in [2.75, 3.05) is 10.7 Å². The fraction of sp³-hybridized carbons (Fsp3) is 0.303. The van der Waals surface area contributed by atoms with Gasteiger partial charge in [0.15, 0.2) is 11.0 Å². The van der Waals surface area contributed by atoms with Crippen molar-refractivity contribution in [2.24, 2.45) is 4.99 Å². The number of rotatable bonds is 11. The van der Waals surface area contributed by atoms with Crippen molar-refractivity contribution in [1.82, 2.24) is 14.8 Å². The monoisotopic (exact) mass is 635 g/mol. The zero-order valence-corrected chi connectivity index (χ0v) is 25.7. The number of carbonyl (C=O) groups excluding carboxylic acids is 2. The summed E-state index contributed by atoms with van der Waals surface area (Å²) in [5.41, 5.74) is 5.36. The minimum Gasteiger partial charge on any atom is -0.406 e. The van der Waals surface area contributed by atoms with Crippen LogP contribution in [0.5, 0.6) is 5.75 Å². The van der Waals surface area contributed by atoms with Gasteiger partial charge in [-0.25, -0.2) is 9.67 Å². The van der Waals surface area contributed by atoms with Crippen LogP contribution in [0.15, 0.2) is 78.0 Å². The van der Waals surface area contributed by atoms with Crippen LogP contribution >= 0.6 is 11.8 Å². The summed E-state index contributed by atoms with van der Waals surface area (Å²) in [6.45, 7) is 4.02. The van der Waals surface area contributed by atoms with E-state index in [2.05, 4.69) is 19.8 Å². The second-order valence-corrected chi connectivity index (χ2v) is 11.5. The lowest BCUT2D eigenvalue weighted by atomic mass is 10.0. The van der Waals surface area contributed by atoms with E-state index in [1.807, 2.05) is 56.3 Å². The second kappa shape index (κ2) is 14.1. The van der Waals surface area contributed by atoms with Crippen LogP contribution in [-0.4, -0.2) is 43.9 Å². The van der Waals surface area contributed by atoms with Crippen molar-refractivity contribution in [1.29, 1.82) is 0 Å². The molecule has 0 aliphatic carbocycles. The standard InChI is InChI=1S/C33H32F3N5O3S/c1-3-24-13-12-22(2)18-28(24)41-30(43)20-45-32(41)38-29(42)11-6-4-5-8-23-9-7-10-25(19-23)31-37-21-40(39-31)26-14-16-27(17-15-26)44-33(34,35)36/h7,9-10,12-19,21H,3-6,8,11,20H2,1-2H3. The Morgan fingerprint density at radius 3 is 2.60 bits per heavy atom. The highest BCUT2D eigenvalue weighted by Crippen LogP contribution is 2.31. The van der Waals surface area contributed by atoms with Gasteiger partial charge in [-0.2, -0.15) is 4.99 Å². The molecule has 1 saturated heterocycles. The number of benzene rings is 3. The molecule has 1 aliphatic rings. The first kappa shape index (κ1) is 32.0. The summed E-state index contributed by atoms with van der Waals surface area (Å²) in [7, 11) is 0. The minimum atomic E-state index is -4.75. The predicted molar refractivity (Wildman–Crippen MR) is 169 cm³/mol. The van der Waals surface area contributed by atoms with Crippen LogP contribution in [0.2, 0.25) is 0 Å². The highest BCUT2D eigenvalue weighted by atomic mass is 32.2. The van der Waals surface area contributed by atoms with Gasteiger partial charge < -0.3 is 4.74 Å². The van der Waals surface area contributed by atoms with Gasteiger partial charge in [0, 0.05) is 12.0 Å². The van der Waals surface area contributed by atoms with E-state index in [0.717, 1.165) is 53.6 Å². The Hall–Kier alpha value is -4.45. The van der Waals surface area contributed by atoms with Crippen LogP contribution in [0, 0.1) is 6.92 Å². The molecule has 0 radical (unpaired) electrons. The third kappa shape index (κ3) is 8.39. The molecule has 0 saturated carbocycles. The van der Waals surface area contributed by atoms with E-state index in [1.165, 1.54) is 47.0 Å². The molecule has 1 aromatic heterocycles. The number of hydrogen-bond donors (Lipinski definition) is 0. The molecular weight excluding hydrogens is 603 g/mol. The first-order valence-corrected chi connectivity index (χ1v) is 15.6. The number of carbonyl (C=O) groups is 2. The minimum absolute atomic E-state index is 0.0651. The third-order valence-electron chi connectivity index (χ3n) is 7.22. The SMILES string of the molecule is CCc1ccc(C)cc1N1C(=O)CSC1=NC(=O)CCCCCc1cccc(-c2ncn(-c3ccc(OC(F)(F)F)cc3)n2)c1. The molecule has 0 spiro atoms. The molecule has 0 unspecified atom stereocenters. The number of amides is 2. The van der Waals surface area contributed by atoms with Gasteiger partial charge in [0.2, 0.25) is 11.8 Å². The number of nitrogens with zero attached hydrogens (tertiary/aromatic N) is 5. The average molecular weight is 636 g/mol. The second-order valence-electron chi connectivity index (χ2n) is 10.6. The van der Waals surface area contributed by atoms with E-state index in [9.17, 15) is 22.8 Å². The molecule has 5 rings (SSSR count). The van der Waals surface area contributed by atoms with Crippen LogP contribution in [0.25, 0.3) is 17.1 Å². The molecule has 8 nitrogen and oxygen atoms in total. The lowest BCUT2D eigenvalue weighted by Crippen LogP contribution is -2.30. The Balaban J connectivity index is 1.12. The van der Waals surface area contributed by atoms with Crippen molar-refractivity contribution in [2.45, 2.75) is 58.7 Å². The van der Waals surface area contributed by atoms with E-state index in [4.69, 9.17) is 0 Å². The van der Waals surface area contributed by atoms with Gasteiger partial charge in [0.25, 0.3) is 0 Å². The van der Waals surface area contributed by atoms with Crippen LogP contribution < -0.4 is 9.64 Å². The Kier molecular flexibility index (Phi) is 10.0. The fourth-order valence-electron chi connectivity index (χ4n) is 4.99. The van der Waals surface area contributed by atoms with Crippen LogP contribution in [0.3, 0.4) is 0 Å². The summed E-state index contributed by atoms with van der Waals surface area (Å²) in [6, 6.07) is 19.3. The molecule has 3 aromatic carbocycles. The van der Waals surface area contributed by atoms with Crippen molar-refractivity contribution >= 4 is 34.4 Å². The summed E-state index contributed by atoms with van der Waals surface area (Å²) in [6.07, 6.45) is 1.06. The van der Waals surface area contributed by atoms with Crippen molar-refractivity contribution < 1.29 is 27.5 Å². The number of thioether (sulfide) groups is 1. The van der Waals surface area contributed by atoms with E-state index >= 15 is 0 Å². The summed E-state index contributed by atoms with van der Waals surface area (Å²) in [5, 5.41) is 4.93. The number of aromatic nitrogens is 3. The molecule has 2 amide bonds. The fourth-order valence-corrected chi connectivity index (χ4v) is 5.87. The Morgan fingerprint density at radius 2 is 1.84 bits per heavy atom. The maximum absolute atomic E-state index is 12.7. The third-order valence-corrected chi connectivity index (χ3v) is 8.14. The maximum atomic E-state index is 12.7. The molecule has 45 heavy (non-hydrogen) atoms. The molecule has 0 bridgehead atoms. The van der Waals surface area contributed by atoms with Crippen molar-refractivity contribution in [3.05, 3.63) is 89.7 Å². The number of unbranched alkanes of at least 4 members (excludes halogenated alkanes) is 2. The molecular formula is C33H32F3N5O3S. The summed E-state index contributed by atoms with van der Waals surface area (Å²) < 4.78 is 42.7. The largest absolute Gasteiger partial charge is 0.573 e. The van der Waals surface area contributed by atoms with Crippen molar-refractivity contribution in [3.63, 3.8) is 0 Å². The topological polar surface area (TPSA) is 89.7 Å². The predicted octanol–water partition coefficient (Wildman–Crippen LogP) is 7.47. The smallest absolute Gasteiger partial charge is 0.406 e. The lowest BCUT2D eigenvalue weighted by molar-refractivity contribution is -0.274.